The van der Waals surface area contributed by atoms with Crippen molar-refractivity contribution in [3.8, 4) is 0 Å². The van der Waals surface area contributed by atoms with Gasteiger partial charge in [0.05, 0.1) is 0 Å². The smallest absolute Gasteiger partial charge is 0.160 e. The second-order valence-electron chi connectivity index (χ2n) is 9.86. The van der Waals surface area contributed by atoms with Gasteiger partial charge in [-0.2, -0.15) is 0 Å². The van der Waals surface area contributed by atoms with Crippen LogP contribution in [0.4, 0.5) is 0 Å². The van der Waals surface area contributed by atoms with Crippen LogP contribution in [-0.4, -0.2) is 19.5 Å². The number of ether oxygens (including phenoxy) is 1. The van der Waals surface area contributed by atoms with Gasteiger partial charge < -0.3 is 4.74 Å². The van der Waals surface area contributed by atoms with E-state index in [1.54, 1.807) is 6.92 Å². The summed E-state index contributed by atoms with van der Waals surface area (Å²) >= 11 is 0. The minimum absolute atomic E-state index is 0.210. The molecule has 2 fully saturated rings. The van der Waals surface area contributed by atoms with Crippen molar-refractivity contribution >= 4 is 5.78 Å². The number of allylic oxidation sites excluding steroid dienone is 1. The van der Waals surface area contributed by atoms with Crippen LogP contribution < -0.4 is 0 Å². The van der Waals surface area contributed by atoms with E-state index < -0.39 is 0 Å². The molecule has 2 heteroatoms. The summed E-state index contributed by atoms with van der Waals surface area (Å²) in [6.45, 7) is 8.95. The fourth-order valence-electron chi connectivity index (χ4n) is 5.63. The molecule has 0 N–H and O–H groups in total. The highest BCUT2D eigenvalue weighted by molar-refractivity contribution is 5.95. The zero-order valence-electron chi connectivity index (χ0n) is 18.8. The topological polar surface area (TPSA) is 26.3 Å². The van der Waals surface area contributed by atoms with Gasteiger partial charge in [0.1, 0.15) is 0 Å². The minimum atomic E-state index is 0.210. The summed E-state index contributed by atoms with van der Waals surface area (Å²) in [5.74, 6) is 3.16. The van der Waals surface area contributed by atoms with Crippen LogP contribution in [0.5, 0.6) is 0 Å². The standard InChI is InChI=1S/C27H40O2/c1-19(2)25-12-9-21(10-13-25)15-24-11-14-27(20(3)28)26(17-24)16-22-5-7-23(8-6-22)18-29-4/h11,14,17,21-23,25H,1,5-10,12-13,15-16,18H2,2-4H3/t21?,22-,23+,25?. The van der Waals surface area contributed by atoms with E-state index in [9.17, 15) is 4.79 Å². The lowest BCUT2D eigenvalue weighted by molar-refractivity contribution is 0.101. The highest BCUT2D eigenvalue weighted by Gasteiger charge is 2.24. The Bertz CT molecular complexity index is 688. The normalized spacial score (nSPS) is 27.6. The first-order valence-corrected chi connectivity index (χ1v) is 11.7. The SMILES string of the molecule is C=C(C)C1CCC(Cc2ccc(C(C)=O)c(C[C@H]3CC[C@@H](COC)CC3)c2)CC1. The minimum Gasteiger partial charge on any atom is -0.384 e. The van der Waals surface area contributed by atoms with Crippen molar-refractivity contribution in [2.45, 2.75) is 78.1 Å². The van der Waals surface area contributed by atoms with E-state index >= 15 is 0 Å². The molecule has 2 aliphatic rings. The van der Waals surface area contributed by atoms with E-state index in [1.807, 2.05) is 7.11 Å². The maximum absolute atomic E-state index is 12.2. The summed E-state index contributed by atoms with van der Waals surface area (Å²) in [5.41, 5.74) is 5.02. The second-order valence-corrected chi connectivity index (χ2v) is 9.86. The van der Waals surface area contributed by atoms with E-state index in [1.165, 1.54) is 68.1 Å². The Labute approximate surface area is 178 Å². The van der Waals surface area contributed by atoms with Crippen LogP contribution in [0, 0.1) is 23.7 Å². The lowest BCUT2D eigenvalue weighted by Gasteiger charge is -2.30. The first-order valence-electron chi connectivity index (χ1n) is 11.7. The molecule has 0 spiro atoms. The van der Waals surface area contributed by atoms with E-state index in [0.29, 0.717) is 5.92 Å². The molecule has 3 rings (SSSR count). The van der Waals surface area contributed by atoms with Crippen molar-refractivity contribution in [3.05, 3.63) is 47.0 Å². The number of Topliss-reactive ketones (excluding diaryl/α,β-unsaturated/α-hetero) is 1. The molecule has 1 aromatic carbocycles. The number of carbonyl (C=O) groups is 1. The highest BCUT2D eigenvalue weighted by Crippen LogP contribution is 2.35. The van der Waals surface area contributed by atoms with Crippen molar-refractivity contribution < 1.29 is 9.53 Å². The van der Waals surface area contributed by atoms with Gasteiger partial charge in [0.2, 0.25) is 0 Å². The van der Waals surface area contributed by atoms with Gasteiger partial charge in [-0.15, -0.1) is 0 Å². The Morgan fingerprint density at radius 1 is 0.931 bits per heavy atom. The van der Waals surface area contributed by atoms with Crippen LogP contribution in [0.15, 0.2) is 30.4 Å². The number of methoxy groups -OCH3 is 1. The first kappa shape index (κ1) is 22.3. The van der Waals surface area contributed by atoms with Gasteiger partial charge in [0.15, 0.2) is 5.78 Å². The van der Waals surface area contributed by atoms with Crippen LogP contribution in [0.2, 0.25) is 0 Å². The molecule has 0 aromatic heterocycles. The number of hydrogen-bond acceptors (Lipinski definition) is 2. The number of carbonyl (C=O) groups excluding carboxylic acids is 1. The van der Waals surface area contributed by atoms with Gasteiger partial charge in [0, 0.05) is 19.3 Å². The molecule has 0 aliphatic heterocycles. The quantitative estimate of drug-likeness (QED) is 0.356. The van der Waals surface area contributed by atoms with Gasteiger partial charge in [0.25, 0.3) is 0 Å². The number of benzene rings is 1. The van der Waals surface area contributed by atoms with Gasteiger partial charge in [-0.25, -0.2) is 0 Å². The number of rotatable bonds is 8. The van der Waals surface area contributed by atoms with Crippen LogP contribution in [0.1, 0.15) is 86.7 Å². The number of ketones is 1. The molecule has 0 radical (unpaired) electrons. The average Bonchev–Trinajstić information content (AvgIpc) is 2.70. The molecular formula is C27H40O2. The second kappa shape index (κ2) is 10.6. The molecule has 0 saturated heterocycles. The van der Waals surface area contributed by atoms with Crippen molar-refractivity contribution in [1.82, 2.24) is 0 Å². The molecule has 1 aromatic rings. The Kier molecular flexibility index (Phi) is 8.12. The fraction of sp³-hybridized carbons (Fsp3) is 0.667. The van der Waals surface area contributed by atoms with E-state index in [4.69, 9.17) is 4.74 Å². The molecule has 29 heavy (non-hydrogen) atoms. The summed E-state index contributed by atoms with van der Waals surface area (Å²) in [5, 5.41) is 0. The molecule has 2 saturated carbocycles. The highest BCUT2D eigenvalue weighted by atomic mass is 16.5. The monoisotopic (exact) mass is 396 g/mol. The molecule has 0 amide bonds. The van der Waals surface area contributed by atoms with E-state index in [0.717, 1.165) is 42.8 Å². The zero-order chi connectivity index (χ0) is 20.8. The summed E-state index contributed by atoms with van der Waals surface area (Å²) in [6, 6.07) is 6.67. The molecular weight excluding hydrogens is 356 g/mol. The molecule has 0 atom stereocenters. The predicted octanol–water partition coefficient (Wildman–Crippen LogP) is 6.81. The molecule has 0 unspecified atom stereocenters. The number of hydrogen-bond donors (Lipinski definition) is 0. The van der Waals surface area contributed by atoms with E-state index in [-0.39, 0.29) is 5.78 Å². The lowest BCUT2D eigenvalue weighted by Crippen LogP contribution is -2.20. The molecule has 0 heterocycles. The van der Waals surface area contributed by atoms with Crippen molar-refractivity contribution in [1.29, 1.82) is 0 Å². The van der Waals surface area contributed by atoms with Gasteiger partial charge in [-0.05, 0) is 113 Å². The Morgan fingerprint density at radius 3 is 2.10 bits per heavy atom. The van der Waals surface area contributed by atoms with Gasteiger partial charge in [-0.3, -0.25) is 4.79 Å². The maximum atomic E-state index is 12.2. The molecule has 160 valence electrons. The third-order valence-electron chi connectivity index (χ3n) is 7.49. The summed E-state index contributed by atoms with van der Waals surface area (Å²) in [6.07, 6.45) is 12.5. The van der Waals surface area contributed by atoms with Crippen LogP contribution in [-0.2, 0) is 17.6 Å². The van der Waals surface area contributed by atoms with Crippen LogP contribution in [0.3, 0.4) is 0 Å². The average molecular weight is 397 g/mol. The van der Waals surface area contributed by atoms with Gasteiger partial charge in [-0.1, -0.05) is 30.4 Å². The first-order chi connectivity index (χ1) is 14.0. The third kappa shape index (κ3) is 6.28. The van der Waals surface area contributed by atoms with Crippen molar-refractivity contribution in [2.24, 2.45) is 23.7 Å². The predicted molar refractivity (Wildman–Crippen MR) is 121 cm³/mol. The Hall–Kier alpha value is -1.41. The Balaban J connectivity index is 1.62. The largest absolute Gasteiger partial charge is 0.384 e. The molecule has 2 aliphatic carbocycles. The third-order valence-corrected chi connectivity index (χ3v) is 7.49. The Morgan fingerprint density at radius 2 is 1.52 bits per heavy atom. The summed E-state index contributed by atoms with van der Waals surface area (Å²) in [4.78, 5) is 12.2. The van der Waals surface area contributed by atoms with Gasteiger partial charge >= 0.3 is 0 Å². The zero-order valence-corrected chi connectivity index (χ0v) is 18.8. The molecule has 0 bridgehead atoms. The van der Waals surface area contributed by atoms with Crippen LogP contribution >= 0.6 is 0 Å². The summed E-state index contributed by atoms with van der Waals surface area (Å²) < 4.78 is 5.34. The van der Waals surface area contributed by atoms with E-state index in [2.05, 4.69) is 31.7 Å². The summed E-state index contributed by atoms with van der Waals surface area (Å²) in [7, 11) is 1.81. The van der Waals surface area contributed by atoms with Crippen LogP contribution in [0.25, 0.3) is 0 Å². The van der Waals surface area contributed by atoms with Crippen molar-refractivity contribution in [2.75, 3.05) is 13.7 Å². The fourth-order valence-corrected chi connectivity index (χ4v) is 5.63. The lowest BCUT2D eigenvalue weighted by atomic mass is 9.76. The molecule has 2 nitrogen and oxygen atoms in total. The van der Waals surface area contributed by atoms with Crippen molar-refractivity contribution in [3.63, 3.8) is 0 Å². The maximum Gasteiger partial charge on any atom is 0.160 e.